The van der Waals surface area contributed by atoms with Gasteiger partial charge < -0.3 is 14.8 Å². The maximum absolute atomic E-state index is 13.6. The second-order valence-corrected chi connectivity index (χ2v) is 7.40. The third-order valence-electron chi connectivity index (χ3n) is 4.08. The molecule has 1 atom stereocenters. The summed E-state index contributed by atoms with van der Waals surface area (Å²) in [6, 6.07) is 2.88. The molecule has 7 heteroatoms. The second kappa shape index (κ2) is 7.40. The van der Waals surface area contributed by atoms with E-state index in [1.165, 1.54) is 12.1 Å². The van der Waals surface area contributed by atoms with E-state index in [-0.39, 0.29) is 36.9 Å². The number of hydrogen-bond donors (Lipinski definition) is 1. The summed E-state index contributed by atoms with van der Waals surface area (Å²) >= 11 is 0. The van der Waals surface area contributed by atoms with Crippen molar-refractivity contribution in [1.29, 1.82) is 0 Å². The van der Waals surface area contributed by atoms with Crippen LogP contribution in [0.4, 0.5) is 4.39 Å². The highest BCUT2D eigenvalue weighted by Crippen LogP contribution is 2.30. The molecule has 2 aliphatic rings. The number of rotatable bonds is 5. The molecule has 0 saturated heterocycles. The zero-order valence-electron chi connectivity index (χ0n) is 12.8. The highest BCUT2D eigenvalue weighted by molar-refractivity contribution is 7.84. The van der Waals surface area contributed by atoms with Crippen molar-refractivity contribution < 1.29 is 22.9 Å². The van der Waals surface area contributed by atoms with E-state index < -0.39 is 16.6 Å². The number of carbonyl (C=O) groups excluding carboxylic acids is 1. The highest BCUT2D eigenvalue weighted by Gasteiger charge is 2.21. The molecule has 0 radical (unpaired) electrons. The molecule has 1 aliphatic carbocycles. The first-order chi connectivity index (χ1) is 11.1. The van der Waals surface area contributed by atoms with Gasteiger partial charge in [0, 0.05) is 28.0 Å². The molecule has 0 unspecified atom stereocenters. The maximum Gasteiger partial charge on any atom is 0.232 e. The molecule has 0 spiro atoms. The van der Waals surface area contributed by atoms with Crippen molar-refractivity contribution in [2.45, 2.75) is 44.1 Å². The van der Waals surface area contributed by atoms with Crippen molar-refractivity contribution >= 4 is 16.7 Å². The zero-order valence-corrected chi connectivity index (χ0v) is 13.6. The average Bonchev–Trinajstić information content (AvgIpc) is 2.99. The monoisotopic (exact) mass is 341 g/mol. The third kappa shape index (κ3) is 4.29. The van der Waals surface area contributed by atoms with Crippen LogP contribution in [-0.2, 0) is 32.7 Å². The molecule has 5 nitrogen and oxygen atoms in total. The van der Waals surface area contributed by atoms with E-state index in [9.17, 15) is 13.4 Å². The minimum absolute atomic E-state index is 0.0711. The van der Waals surface area contributed by atoms with Crippen LogP contribution in [0.3, 0.4) is 0 Å². The van der Waals surface area contributed by atoms with Crippen LogP contribution < -0.4 is 10.1 Å². The average molecular weight is 341 g/mol. The van der Waals surface area contributed by atoms with Crippen LogP contribution >= 0.6 is 0 Å². The molecule has 0 aromatic heterocycles. The van der Waals surface area contributed by atoms with Crippen molar-refractivity contribution in [3.8, 4) is 5.75 Å². The van der Waals surface area contributed by atoms with Crippen molar-refractivity contribution in [1.82, 2.24) is 5.32 Å². The lowest BCUT2D eigenvalue weighted by Crippen LogP contribution is -2.35. The number of carbonyl (C=O) groups is 1. The van der Waals surface area contributed by atoms with Crippen LogP contribution in [0.5, 0.6) is 5.75 Å². The van der Waals surface area contributed by atoms with E-state index in [0.29, 0.717) is 16.9 Å². The standard InChI is InChI=1S/C16H20FNO4S/c17-13-5-11-7-21-10-22-16(11)12(6-13)8-23(20)9-15(19)18-14-3-1-2-4-14/h5-6,14H,1-4,7-10H2,(H,18,19)/t23-/m1/s1. The van der Waals surface area contributed by atoms with Crippen LogP contribution in [-0.4, -0.2) is 28.7 Å². The summed E-state index contributed by atoms with van der Waals surface area (Å²) < 4.78 is 36.4. The first kappa shape index (κ1) is 16.4. The van der Waals surface area contributed by atoms with Crippen LogP contribution in [0.25, 0.3) is 0 Å². The molecule has 3 rings (SSSR count). The summed E-state index contributed by atoms with van der Waals surface area (Å²) in [5.74, 6) is -0.0663. The lowest BCUT2D eigenvalue weighted by molar-refractivity contribution is -0.119. The van der Waals surface area contributed by atoms with Gasteiger partial charge in [0.2, 0.25) is 5.91 Å². The fraction of sp³-hybridized carbons (Fsp3) is 0.562. The number of hydrogen-bond acceptors (Lipinski definition) is 4. The molecule has 1 N–H and O–H groups in total. The Morgan fingerprint density at radius 1 is 1.35 bits per heavy atom. The summed E-state index contributed by atoms with van der Waals surface area (Å²) in [4.78, 5) is 11.9. The molecule has 0 bridgehead atoms. The Labute approximate surface area is 137 Å². The summed E-state index contributed by atoms with van der Waals surface area (Å²) in [6.07, 6.45) is 4.24. The zero-order chi connectivity index (χ0) is 16.2. The minimum Gasteiger partial charge on any atom is -0.467 e. The van der Waals surface area contributed by atoms with Gasteiger partial charge in [-0.2, -0.15) is 0 Å². The van der Waals surface area contributed by atoms with Crippen LogP contribution in [0.15, 0.2) is 12.1 Å². The summed E-state index contributed by atoms with van der Waals surface area (Å²) in [5, 5.41) is 2.91. The molecule has 1 saturated carbocycles. The van der Waals surface area contributed by atoms with Gasteiger partial charge in [-0.1, -0.05) is 12.8 Å². The van der Waals surface area contributed by atoms with E-state index in [1.807, 2.05) is 0 Å². The van der Waals surface area contributed by atoms with Gasteiger partial charge in [-0.3, -0.25) is 9.00 Å². The molecule has 126 valence electrons. The fourth-order valence-corrected chi connectivity index (χ4v) is 4.11. The van der Waals surface area contributed by atoms with Crippen LogP contribution in [0.2, 0.25) is 0 Å². The number of halogens is 1. The summed E-state index contributed by atoms with van der Waals surface area (Å²) in [6.45, 7) is 0.370. The van der Waals surface area contributed by atoms with E-state index in [2.05, 4.69) is 5.32 Å². The number of nitrogens with one attached hydrogen (secondary N) is 1. The van der Waals surface area contributed by atoms with E-state index >= 15 is 0 Å². The van der Waals surface area contributed by atoms with Crippen LogP contribution in [0, 0.1) is 5.82 Å². The highest BCUT2D eigenvalue weighted by atomic mass is 32.2. The largest absolute Gasteiger partial charge is 0.467 e. The molecule has 1 amide bonds. The van der Waals surface area contributed by atoms with Crippen LogP contribution in [0.1, 0.15) is 36.8 Å². The number of amides is 1. The molecule has 1 aliphatic heterocycles. The Morgan fingerprint density at radius 2 is 2.13 bits per heavy atom. The van der Waals surface area contributed by atoms with Crippen molar-refractivity contribution in [3.05, 3.63) is 29.1 Å². The number of fused-ring (bicyclic) bond motifs is 1. The van der Waals surface area contributed by atoms with Crippen molar-refractivity contribution in [3.63, 3.8) is 0 Å². The SMILES string of the molecule is O=C(C[S@](=O)Cc1cc(F)cc2c1OCOC2)NC1CCCC1. The Morgan fingerprint density at radius 3 is 2.91 bits per heavy atom. The van der Waals surface area contributed by atoms with Gasteiger partial charge in [0.1, 0.15) is 17.3 Å². The van der Waals surface area contributed by atoms with E-state index in [0.717, 1.165) is 25.7 Å². The topological polar surface area (TPSA) is 64.6 Å². The quantitative estimate of drug-likeness (QED) is 0.890. The Bertz CT molecular complexity index is 616. The Balaban J connectivity index is 1.61. The molecule has 1 heterocycles. The molecule has 1 aromatic rings. The molecule has 1 aromatic carbocycles. The van der Waals surface area contributed by atoms with Crippen molar-refractivity contribution in [2.24, 2.45) is 0 Å². The third-order valence-corrected chi connectivity index (χ3v) is 5.30. The van der Waals surface area contributed by atoms with Gasteiger partial charge in [0.15, 0.2) is 6.79 Å². The predicted octanol–water partition coefficient (Wildman–Crippen LogP) is 2.00. The number of ether oxygens (including phenoxy) is 2. The first-order valence-corrected chi connectivity index (χ1v) is 9.27. The molecule has 23 heavy (non-hydrogen) atoms. The maximum atomic E-state index is 13.6. The summed E-state index contributed by atoms with van der Waals surface area (Å²) in [7, 11) is -1.41. The molecular weight excluding hydrogens is 321 g/mol. The lowest BCUT2D eigenvalue weighted by atomic mass is 10.1. The summed E-state index contributed by atoms with van der Waals surface area (Å²) in [5.41, 5.74) is 1.13. The Kier molecular flexibility index (Phi) is 5.27. The number of benzene rings is 1. The predicted molar refractivity (Wildman–Crippen MR) is 83.8 cm³/mol. The normalized spacial score (nSPS) is 19.0. The second-order valence-electron chi connectivity index (χ2n) is 5.94. The smallest absolute Gasteiger partial charge is 0.232 e. The molecule has 1 fully saturated rings. The lowest BCUT2D eigenvalue weighted by Gasteiger charge is -2.20. The van der Waals surface area contributed by atoms with E-state index in [4.69, 9.17) is 9.47 Å². The van der Waals surface area contributed by atoms with Crippen molar-refractivity contribution in [2.75, 3.05) is 12.5 Å². The first-order valence-electron chi connectivity index (χ1n) is 7.78. The fourth-order valence-electron chi connectivity index (χ4n) is 3.07. The van der Waals surface area contributed by atoms with E-state index in [1.54, 1.807) is 0 Å². The Hall–Kier alpha value is -1.47. The van der Waals surface area contributed by atoms with Gasteiger partial charge in [-0.05, 0) is 25.0 Å². The van der Waals surface area contributed by atoms with Gasteiger partial charge in [0.25, 0.3) is 0 Å². The molecular formula is C16H20FNO4S. The van der Waals surface area contributed by atoms with Gasteiger partial charge >= 0.3 is 0 Å². The van der Waals surface area contributed by atoms with Gasteiger partial charge in [0.05, 0.1) is 12.4 Å². The van der Waals surface area contributed by atoms with Gasteiger partial charge in [-0.15, -0.1) is 0 Å². The minimum atomic E-state index is -1.41. The van der Waals surface area contributed by atoms with Gasteiger partial charge in [-0.25, -0.2) is 4.39 Å².